The Kier molecular flexibility index (Phi) is 5.00. The minimum absolute atomic E-state index is 0.262. The molecule has 106 valence electrons. The third kappa shape index (κ3) is 3.37. The Labute approximate surface area is 117 Å². The summed E-state index contributed by atoms with van der Waals surface area (Å²) in [6.07, 6.45) is 4.75. The van der Waals surface area contributed by atoms with E-state index in [4.69, 9.17) is 0 Å². The molecular formula is C17H27NO. The third-order valence-electron chi connectivity index (χ3n) is 4.61. The van der Waals surface area contributed by atoms with Crippen molar-refractivity contribution in [2.24, 2.45) is 5.92 Å². The SMILES string of the molecule is CC[C@](O)(c1ccccc1)[C@@H](C)CN1CCCCC1. The van der Waals surface area contributed by atoms with Gasteiger partial charge in [0.05, 0.1) is 5.60 Å². The van der Waals surface area contributed by atoms with Crippen LogP contribution < -0.4 is 0 Å². The minimum Gasteiger partial charge on any atom is -0.385 e. The highest BCUT2D eigenvalue weighted by Gasteiger charge is 2.34. The summed E-state index contributed by atoms with van der Waals surface area (Å²) in [4.78, 5) is 2.51. The molecule has 0 spiro atoms. The number of piperidine rings is 1. The zero-order chi connectivity index (χ0) is 13.7. The first-order chi connectivity index (χ1) is 9.16. The number of aliphatic hydroxyl groups is 1. The second-order valence-electron chi connectivity index (χ2n) is 5.91. The van der Waals surface area contributed by atoms with Crippen LogP contribution in [0.5, 0.6) is 0 Å². The van der Waals surface area contributed by atoms with Crippen molar-refractivity contribution in [3.8, 4) is 0 Å². The molecule has 0 bridgehead atoms. The summed E-state index contributed by atoms with van der Waals surface area (Å²) < 4.78 is 0. The molecular weight excluding hydrogens is 234 g/mol. The molecule has 0 saturated carbocycles. The number of benzene rings is 1. The van der Waals surface area contributed by atoms with Gasteiger partial charge in [-0.2, -0.15) is 0 Å². The van der Waals surface area contributed by atoms with Crippen molar-refractivity contribution in [3.63, 3.8) is 0 Å². The van der Waals surface area contributed by atoms with Crippen LogP contribution in [0.4, 0.5) is 0 Å². The summed E-state index contributed by atoms with van der Waals surface area (Å²) in [5.74, 6) is 0.262. The normalized spacial score (nSPS) is 21.8. The highest BCUT2D eigenvalue weighted by atomic mass is 16.3. The molecule has 0 unspecified atom stereocenters. The van der Waals surface area contributed by atoms with Crippen LogP contribution >= 0.6 is 0 Å². The predicted molar refractivity (Wildman–Crippen MR) is 80.1 cm³/mol. The van der Waals surface area contributed by atoms with Gasteiger partial charge in [0.15, 0.2) is 0 Å². The fourth-order valence-corrected chi connectivity index (χ4v) is 3.24. The third-order valence-corrected chi connectivity index (χ3v) is 4.61. The van der Waals surface area contributed by atoms with Gasteiger partial charge >= 0.3 is 0 Å². The van der Waals surface area contributed by atoms with Crippen LogP contribution in [0.15, 0.2) is 30.3 Å². The smallest absolute Gasteiger partial charge is 0.0931 e. The maximum Gasteiger partial charge on any atom is 0.0931 e. The topological polar surface area (TPSA) is 23.5 Å². The van der Waals surface area contributed by atoms with E-state index in [0.717, 1.165) is 18.5 Å². The van der Waals surface area contributed by atoms with Gasteiger partial charge in [0.2, 0.25) is 0 Å². The Hall–Kier alpha value is -0.860. The molecule has 1 fully saturated rings. The molecule has 1 N–H and O–H groups in total. The first kappa shape index (κ1) is 14.5. The largest absolute Gasteiger partial charge is 0.385 e. The van der Waals surface area contributed by atoms with Gasteiger partial charge in [-0.25, -0.2) is 0 Å². The summed E-state index contributed by atoms with van der Waals surface area (Å²) >= 11 is 0. The molecule has 1 aliphatic rings. The van der Waals surface area contributed by atoms with Crippen LogP contribution in [0.2, 0.25) is 0 Å². The summed E-state index contributed by atoms with van der Waals surface area (Å²) in [7, 11) is 0. The molecule has 1 aromatic rings. The standard InChI is InChI=1S/C17H27NO/c1-3-17(19,16-10-6-4-7-11-16)15(2)14-18-12-8-5-9-13-18/h4,6-7,10-11,15,19H,3,5,8-9,12-14H2,1-2H3/t15-,17+/m0/s1. The van der Waals surface area contributed by atoms with E-state index in [1.54, 1.807) is 0 Å². The van der Waals surface area contributed by atoms with Gasteiger partial charge in [0.25, 0.3) is 0 Å². The Bertz CT molecular complexity index is 372. The molecule has 0 aromatic heterocycles. The van der Waals surface area contributed by atoms with E-state index in [0.29, 0.717) is 0 Å². The van der Waals surface area contributed by atoms with Crippen molar-refractivity contribution in [2.45, 2.75) is 45.1 Å². The molecule has 1 aromatic carbocycles. The molecule has 2 atom stereocenters. The van der Waals surface area contributed by atoms with Crippen molar-refractivity contribution in [2.75, 3.05) is 19.6 Å². The fraction of sp³-hybridized carbons (Fsp3) is 0.647. The molecule has 2 nitrogen and oxygen atoms in total. The van der Waals surface area contributed by atoms with E-state index in [1.165, 1.54) is 32.4 Å². The quantitative estimate of drug-likeness (QED) is 0.878. The fourth-order valence-electron chi connectivity index (χ4n) is 3.24. The van der Waals surface area contributed by atoms with Crippen molar-refractivity contribution >= 4 is 0 Å². The second kappa shape index (κ2) is 6.53. The number of likely N-dealkylation sites (tertiary alicyclic amines) is 1. The first-order valence-corrected chi connectivity index (χ1v) is 7.67. The predicted octanol–water partition coefficient (Wildman–Crippen LogP) is 3.41. The lowest BCUT2D eigenvalue weighted by molar-refractivity contribution is -0.0351. The minimum atomic E-state index is -0.696. The molecule has 1 saturated heterocycles. The maximum absolute atomic E-state index is 11.1. The zero-order valence-electron chi connectivity index (χ0n) is 12.3. The average Bonchev–Trinajstić information content (AvgIpc) is 2.48. The summed E-state index contributed by atoms with van der Waals surface area (Å²) in [6, 6.07) is 10.1. The Morgan fingerprint density at radius 2 is 1.79 bits per heavy atom. The highest BCUT2D eigenvalue weighted by Crippen LogP contribution is 2.33. The van der Waals surface area contributed by atoms with Gasteiger partial charge in [-0.1, -0.05) is 50.6 Å². The molecule has 19 heavy (non-hydrogen) atoms. The van der Waals surface area contributed by atoms with Gasteiger partial charge in [0.1, 0.15) is 0 Å². The van der Waals surface area contributed by atoms with Crippen molar-refractivity contribution in [3.05, 3.63) is 35.9 Å². The molecule has 0 radical (unpaired) electrons. The molecule has 0 aliphatic carbocycles. The van der Waals surface area contributed by atoms with E-state index in [-0.39, 0.29) is 5.92 Å². The Balaban J connectivity index is 2.07. The van der Waals surface area contributed by atoms with Gasteiger partial charge in [-0.3, -0.25) is 0 Å². The lowest BCUT2D eigenvalue weighted by atomic mass is 9.80. The lowest BCUT2D eigenvalue weighted by Gasteiger charge is -2.38. The first-order valence-electron chi connectivity index (χ1n) is 7.67. The van der Waals surface area contributed by atoms with Crippen LogP contribution in [0, 0.1) is 5.92 Å². The maximum atomic E-state index is 11.1. The van der Waals surface area contributed by atoms with E-state index in [2.05, 4.69) is 30.9 Å². The van der Waals surface area contributed by atoms with E-state index in [1.807, 2.05) is 18.2 Å². The molecule has 2 heteroatoms. The number of rotatable bonds is 5. The van der Waals surface area contributed by atoms with Crippen molar-refractivity contribution in [1.82, 2.24) is 4.90 Å². The number of nitrogens with zero attached hydrogens (tertiary/aromatic N) is 1. The van der Waals surface area contributed by atoms with Crippen LogP contribution in [0.1, 0.15) is 45.1 Å². The Morgan fingerprint density at radius 1 is 1.16 bits per heavy atom. The number of hydrogen-bond donors (Lipinski definition) is 1. The molecule has 2 rings (SSSR count). The summed E-state index contributed by atoms with van der Waals surface area (Å²) in [5, 5.41) is 11.1. The molecule has 1 heterocycles. The van der Waals surface area contributed by atoms with Gasteiger partial charge in [-0.05, 0) is 37.9 Å². The van der Waals surface area contributed by atoms with Crippen LogP contribution in [0.3, 0.4) is 0 Å². The summed E-state index contributed by atoms with van der Waals surface area (Å²) in [5.41, 5.74) is 0.362. The van der Waals surface area contributed by atoms with Crippen LogP contribution in [-0.2, 0) is 5.60 Å². The van der Waals surface area contributed by atoms with E-state index < -0.39 is 5.60 Å². The van der Waals surface area contributed by atoms with Crippen LogP contribution in [-0.4, -0.2) is 29.6 Å². The highest BCUT2D eigenvalue weighted by molar-refractivity contribution is 5.23. The number of hydrogen-bond acceptors (Lipinski definition) is 2. The van der Waals surface area contributed by atoms with E-state index >= 15 is 0 Å². The average molecular weight is 261 g/mol. The monoisotopic (exact) mass is 261 g/mol. The second-order valence-corrected chi connectivity index (χ2v) is 5.91. The Morgan fingerprint density at radius 3 is 2.37 bits per heavy atom. The van der Waals surface area contributed by atoms with Crippen molar-refractivity contribution in [1.29, 1.82) is 0 Å². The van der Waals surface area contributed by atoms with Crippen LogP contribution in [0.25, 0.3) is 0 Å². The van der Waals surface area contributed by atoms with E-state index in [9.17, 15) is 5.11 Å². The molecule has 0 amide bonds. The summed E-state index contributed by atoms with van der Waals surface area (Å²) in [6.45, 7) is 7.65. The lowest BCUT2D eigenvalue weighted by Crippen LogP contribution is -2.42. The van der Waals surface area contributed by atoms with Crippen molar-refractivity contribution < 1.29 is 5.11 Å². The van der Waals surface area contributed by atoms with Gasteiger partial charge < -0.3 is 10.0 Å². The van der Waals surface area contributed by atoms with Gasteiger partial charge in [-0.15, -0.1) is 0 Å². The van der Waals surface area contributed by atoms with Gasteiger partial charge in [0, 0.05) is 12.5 Å². The molecule has 1 aliphatic heterocycles. The zero-order valence-corrected chi connectivity index (χ0v) is 12.3.